The predicted molar refractivity (Wildman–Crippen MR) is 213 cm³/mol. The second-order valence-corrected chi connectivity index (χ2v) is 35.3. The summed E-state index contributed by atoms with van der Waals surface area (Å²) in [5.41, 5.74) is 2.03. The maximum absolute atomic E-state index is 15.1. The first-order valence-corrected chi connectivity index (χ1v) is 28.0. The molecule has 2 aromatic rings. The molecule has 0 saturated heterocycles. The molecule has 2 aromatic carbocycles. The lowest BCUT2D eigenvalue weighted by atomic mass is 9.84. The van der Waals surface area contributed by atoms with Crippen molar-refractivity contribution in [1.29, 1.82) is 0 Å². The van der Waals surface area contributed by atoms with Gasteiger partial charge in [0.05, 0.1) is 18.3 Å². The number of allylic oxidation sites excluding steroid dienone is 1. The van der Waals surface area contributed by atoms with E-state index in [2.05, 4.69) is 108 Å². The topological polar surface area (TPSA) is 44.8 Å². The molecule has 8 heteroatoms. The van der Waals surface area contributed by atoms with E-state index in [1.807, 2.05) is 60.7 Å². The van der Waals surface area contributed by atoms with E-state index in [0.717, 1.165) is 21.8 Å². The number of benzene rings is 2. The zero-order valence-corrected chi connectivity index (χ0v) is 36.2. The molecule has 3 atom stereocenters. The van der Waals surface area contributed by atoms with Crippen molar-refractivity contribution in [1.82, 2.24) is 0 Å². The summed E-state index contributed by atoms with van der Waals surface area (Å²) >= 11 is 0. The molecule has 1 saturated carbocycles. The maximum atomic E-state index is 15.1. The Morgan fingerprint density at radius 1 is 0.681 bits per heavy atom. The van der Waals surface area contributed by atoms with Crippen molar-refractivity contribution >= 4 is 42.7 Å². The monoisotopic (exact) mass is 712 g/mol. The molecule has 0 N–H and O–H groups in total. The molecule has 0 aliphatic heterocycles. The lowest BCUT2D eigenvalue weighted by molar-refractivity contribution is -0.0345. The number of rotatable bonds is 10. The molecule has 0 heterocycles. The molecule has 3 rings (SSSR count). The van der Waals surface area contributed by atoms with Gasteiger partial charge in [0, 0.05) is 23.2 Å². The first-order chi connectivity index (χ1) is 21.2. The molecular weight excluding hydrogens is 648 g/mol. The van der Waals surface area contributed by atoms with Gasteiger partial charge in [0.15, 0.2) is 25.0 Å². The van der Waals surface area contributed by atoms with Crippen LogP contribution in [0.5, 0.6) is 0 Å². The minimum atomic E-state index is -2.97. The maximum Gasteiger partial charge on any atom is 0.193 e. The largest absolute Gasteiger partial charge is 0.411 e. The smallest absolute Gasteiger partial charge is 0.193 e. The quantitative estimate of drug-likeness (QED) is 0.182. The second-order valence-electron chi connectivity index (χ2n) is 18.1. The van der Waals surface area contributed by atoms with Crippen LogP contribution in [0, 0.1) is 0 Å². The van der Waals surface area contributed by atoms with Crippen molar-refractivity contribution in [2.24, 2.45) is 0 Å². The molecule has 0 spiro atoms. The van der Waals surface area contributed by atoms with Crippen molar-refractivity contribution in [3.05, 3.63) is 84.5 Å². The van der Waals surface area contributed by atoms with Gasteiger partial charge in [-0.15, -0.1) is 0 Å². The first kappa shape index (κ1) is 40.1. The highest BCUT2D eigenvalue weighted by molar-refractivity contribution is 7.78. The molecule has 0 aromatic heterocycles. The van der Waals surface area contributed by atoms with E-state index < -0.39 is 32.1 Å². The summed E-state index contributed by atoms with van der Waals surface area (Å²) in [6.45, 7) is 39.3. The van der Waals surface area contributed by atoms with Gasteiger partial charge in [-0.25, -0.2) is 0 Å². The summed E-state index contributed by atoms with van der Waals surface area (Å²) in [6.07, 6.45) is 2.42. The van der Waals surface area contributed by atoms with Gasteiger partial charge in [-0.2, -0.15) is 0 Å². The summed E-state index contributed by atoms with van der Waals surface area (Å²) < 4.78 is 37.1. The molecule has 4 nitrogen and oxygen atoms in total. The summed E-state index contributed by atoms with van der Waals surface area (Å²) in [4.78, 5) is 0. The van der Waals surface area contributed by atoms with Crippen LogP contribution in [0.4, 0.5) is 0 Å². The Kier molecular flexibility index (Phi) is 12.1. The Bertz CT molecular complexity index is 1400. The normalized spacial score (nSPS) is 21.7. The van der Waals surface area contributed by atoms with Crippen LogP contribution in [0.3, 0.4) is 0 Å². The fraction of sp³-hybridized carbons (Fsp3) is 0.590. The summed E-state index contributed by atoms with van der Waals surface area (Å²) in [6, 6.07) is 19.9. The van der Waals surface area contributed by atoms with Gasteiger partial charge in [-0.3, -0.25) is 0 Å². The van der Waals surface area contributed by atoms with Crippen LogP contribution >= 0.6 is 7.14 Å². The van der Waals surface area contributed by atoms with Crippen LogP contribution in [-0.4, -0.2) is 49.4 Å². The third kappa shape index (κ3) is 9.08. The second kappa shape index (κ2) is 14.1. The highest BCUT2D eigenvalue weighted by Gasteiger charge is 2.52. The van der Waals surface area contributed by atoms with Gasteiger partial charge >= 0.3 is 0 Å². The zero-order chi connectivity index (χ0) is 35.9. The summed E-state index contributed by atoms with van der Waals surface area (Å²) in [5.74, 6) is 0. The fourth-order valence-corrected chi connectivity index (χ4v) is 11.5. The molecule has 1 aliphatic carbocycles. The van der Waals surface area contributed by atoms with Crippen molar-refractivity contribution in [2.75, 3.05) is 6.16 Å². The Balaban J connectivity index is 2.22. The Morgan fingerprint density at radius 2 is 1.06 bits per heavy atom. The van der Waals surface area contributed by atoms with E-state index in [1.54, 1.807) is 0 Å². The first-order valence-electron chi connectivity index (χ1n) is 17.4. The average Bonchev–Trinajstić information content (AvgIpc) is 2.94. The molecule has 47 heavy (non-hydrogen) atoms. The Labute approximate surface area is 291 Å². The molecule has 0 unspecified atom stereocenters. The molecule has 0 bridgehead atoms. The van der Waals surface area contributed by atoms with Crippen molar-refractivity contribution in [2.45, 2.75) is 141 Å². The van der Waals surface area contributed by atoms with Gasteiger partial charge in [-0.1, -0.05) is 136 Å². The van der Waals surface area contributed by atoms with Crippen LogP contribution < -0.4 is 10.6 Å². The summed E-state index contributed by atoms with van der Waals surface area (Å²) in [7, 11) is -9.70. The van der Waals surface area contributed by atoms with E-state index in [1.165, 1.54) is 0 Å². The van der Waals surface area contributed by atoms with E-state index in [9.17, 15) is 0 Å². The molecule has 0 radical (unpaired) electrons. The van der Waals surface area contributed by atoms with Crippen LogP contribution in [-0.2, 0) is 17.8 Å². The van der Waals surface area contributed by atoms with Crippen molar-refractivity contribution < 1.29 is 17.8 Å². The van der Waals surface area contributed by atoms with Gasteiger partial charge in [0.2, 0.25) is 0 Å². The third-order valence-electron chi connectivity index (χ3n) is 11.5. The standard InChI is InChI=1S/C39H65O4PSi3/c1-30-31(27-28-44(40,32-23-19-17-20-24-32)33-25-21-18-22-26-33)29-34(41-45(11,12)37(2,3)4)36(43-47(15,16)39(8,9)10)35(30)42-46(13,14)38(5,6)7/h17-27,34-36H,1,28-29H2,2-16H3/b31-27-/t34-,35-,36+/m1/s1. The Hall–Kier alpha value is -1.32. The van der Waals surface area contributed by atoms with Gasteiger partial charge in [-0.05, 0) is 65.5 Å². The van der Waals surface area contributed by atoms with E-state index >= 15 is 4.57 Å². The minimum Gasteiger partial charge on any atom is -0.411 e. The molecule has 0 amide bonds. The molecule has 1 fully saturated rings. The number of hydrogen-bond donors (Lipinski definition) is 0. The molecule has 262 valence electrons. The van der Waals surface area contributed by atoms with Crippen molar-refractivity contribution in [3.8, 4) is 0 Å². The lowest BCUT2D eigenvalue weighted by Gasteiger charge is -2.52. The predicted octanol–water partition coefficient (Wildman–Crippen LogP) is 11.1. The highest BCUT2D eigenvalue weighted by Crippen LogP contribution is 2.49. The zero-order valence-electron chi connectivity index (χ0n) is 32.3. The van der Waals surface area contributed by atoms with Gasteiger partial charge < -0.3 is 17.8 Å². The van der Waals surface area contributed by atoms with Crippen LogP contribution in [0.25, 0.3) is 0 Å². The van der Waals surface area contributed by atoms with Crippen LogP contribution in [0.2, 0.25) is 54.4 Å². The third-order valence-corrected chi connectivity index (χ3v) is 27.9. The lowest BCUT2D eigenvalue weighted by Crippen LogP contribution is -2.60. The van der Waals surface area contributed by atoms with Gasteiger partial charge in [0.25, 0.3) is 0 Å². The van der Waals surface area contributed by atoms with Crippen molar-refractivity contribution in [3.63, 3.8) is 0 Å². The summed E-state index contributed by atoms with van der Waals surface area (Å²) in [5, 5.41) is 1.78. The molecule has 1 aliphatic rings. The molecular formula is C39H65O4PSi3. The Morgan fingerprint density at radius 3 is 1.47 bits per heavy atom. The van der Waals surface area contributed by atoms with E-state index in [-0.39, 0.29) is 33.4 Å². The van der Waals surface area contributed by atoms with Crippen LogP contribution in [0.15, 0.2) is 84.5 Å². The minimum absolute atomic E-state index is 0.00222. The van der Waals surface area contributed by atoms with Crippen LogP contribution in [0.1, 0.15) is 68.7 Å². The van der Waals surface area contributed by atoms with E-state index in [4.69, 9.17) is 19.9 Å². The fourth-order valence-electron chi connectivity index (χ4n) is 5.14. The average molecular weight is 713 g/mol. The SMILES string of the molecule is C=C1/C(=C\CP(=O)(c2ccccc2)c2ccccc2)C[C@@H](O[Si](C)(C)C(C)(C)C)[C@H](O[Si](C)(C)C(C)(C)C)[C@@H]1O[Si](C)(C)C(C)(C)C. The highest BCUT2D eigenvalue weighted by atomic mass is 31.2. The van der Waals surface area contributed by atoms with E-state index in [0.29, 0.717) is 12.6 Å². The van der Waals surface area contributed by atoms with Gasteiger partial charge in [0.1, 0.15) is 7.14 Å². The number of hydrogen-bond acceptors (Lipinski definition) is 4.